The number of carboxylic acid groups (broad SMARTS) is 1. The highest BCUT2D eigenvalue weighted by atomic mass is 16.4. The monoisotopic (exact) mass is 285 g/mol. The number of nitrogens with one attached hydrogen (secondary N) is 2. The van der Waals surface area contributed by atoms with E-state index in [9.17, 15) is 14.7 Å². The third-order valence-corrected chi connectivity index (χ3v) is 3.88. The van der Waals surface area contributed by atoms with Crippen LogP contribution >= 0.6 is 0 Å². The lowest BCUT2D eigenvalue weighted by Gasteiger charge is -2.24. The lowest BCUT2D eigenvalue weighted by molar-refractivity contribution is -0.148. The summed E-state index contributed by atoms with van der Waals surface area (Å²) in [4.78, 5) is 25.1. The molecule has 116 valence electrons. The van der Waals surface area contributed by atoms with Gasteiger partial charge in [0.15, 0.2) is 0 Å². The molecule has 6 nitrogen and oxygen atoms in total. The van der Waals surface area contributed by atoms with Gasteiger partial charge in [-0.15, -0.1) is 0 Å². The first-order valence-electron chi connectivity index (χ1n) is 7.52. The van der Waals surface area contributed by atoms with Gasteiger partial charge in [0.2, 0.25) is 0 Å². The second-order valence-electron chi connectivity index (χ2n) is 5.45. The Hall–Kier alpha value is -1.30. The second-order valence-corrected chi connectivity index (χ2v) is 5.45. The van der Waals surface area contributed by atoms with Crippen LogP contribution in [0.1, 0.15) is 39.5 Å². The molecule has 0 aromatic heterocycles. The summed E-state index contributed by atoms with van der Waals surface area (Å²) in [5, 5.41) is 15.5. The molecule has 0 bridgehead atoms. The Morgan fingerprint density at radius 2 is 2.05 bits per heavy atom. The van der Waals surface area contributed by atoms with Crippen molar-refractivity contribution in [2.45, 2.75) is 39.5 Å². The van der Waals surface area contributed by atoms with E-state index in [0.29, 0.717) is 32.5 Å². The van der Waals surface area contributed by atoms with Crippen LogP contribution in [0.4, 0.5) is 4.79 Å². The zero-order chi connectivity index (χ0) is 15.0. The average Bonchev–Trinajstić information content (AvgIpc) is 2.84. The van der Waals surface area contributed by atoms with E-state index in [4.69, 9.17) is 0 Å². The first kappa shape index (κ1) is 16.8. The normalized spacial score (nSPS) is 22.0. The first-order valence-corrected chi connectivity index (χ1v) is 7.52. The minimum absolute atomic E-state index is 0.138. The fraction of sp³-hybridized carbons (Fsp3) is 0.857. The van der Waals surface area contributed by atoms with Crippen LogP contribution < -0.4 is 10.6 Å². The maximum atomic E-state index is 12.0. The average molecular weight is 285 g/mol. The Labute approximate surface area is 120 Å². The summed E-state index contributed by atoms with van der Waals surface area (Å²) in [5.74, 6) is -0.776. The fourth-order valence-corrected chi connectivity index (χ4v) is 2.71. The zero-order valence-corrected chi connectivity index (χ0v) is 12.6. The van der Waals surface area contributed by atoms with Crippen molar-refractivity contribution in [3.05, 3.63) is 0 Å². The Kier molecular flexibility index (Phi) is 6.78. The SMILES string of the molecule is CCCC1(C(=O)O)CCN(C(=O)NCCCNCC)C1. The van der Waals surface area contributed by atoms with Crippen LogP contribution in [-0.4, -0.2) is 54.7 Å². The van der Waals surface area contributed by atoms with Crippen LogP contribution in [0.5, 0.6) is 0 Å². The van der Waals surface area contributed by atoms with Gasteiger partial charge in [0, 0.05) is 19.6 Å². The van der Waals surface area contributed by atoms with Gasteiger partial charge in [-0.1, -0.05) is 20.3 Å². The Bertz CT molecular complexity index is 336. The van der Waals surface area contributed by atoms with Crippen LogP contribution in [0.3, 0.4) is 0 Å². The van der Waals surface area contributed by atoms with Gasteiger partial charge in [0.1, 0.15) is 0 Å². The van der Waals surface area contributed by atoms with Gasteiger partial charge in [0.25, 0.3) is 0 Å². The molecule has 1 aliphatic heterocycles. The van der Waals surface area contributed by atoms with Gasteiger partial charge in [-0.3, -0.25) is 4.79 Å². The van der Waals surface area contributed by atoms with E-state index in [-0.39, 0.29) is 6.03 Å². The minimum Gasteiger partial charge on any atom is -0.481 e. The maximum absolute atomic E-state index is 12.0. The van der Waals surface area contributed by atoms with Crippen molar-refractivity contribution in [3.8, 4) is 0 Å². The number of nitrogens with zero attached hydrogens (tertiary/aromatic N) is 1. The second kappa shape index (κ2) is 8.09. The molecule has 3 N–H and O–H groups in total. The van der Waals surface area contributed by atoms with Crippen molar-refractivity contribution in [3.63, 3.8) is 0 Å². The van der Waals surface area contributed by atoms with Gasteiger partial charge in [-0.25, -0.2) is 4.79 Å². The van der Waals surface area contributed by atoms with Gasteiger partial charge in [-0.2, -0.15) is 0 Å². The topological polar surface area (TPSA) is 81.7 Å². The van der Waals surface area contributed by atoms with Crippen molar-refractivity contribution in [1.29, 1.82) is 0 Å². The smallest absolute Gasteiger partial charge is 0.317 e. The van der Waals surface area contributed by atoms with E-state index in [1.165, 1.54) is 0 Å². The zero-order valence-electron chi connectivity index (χ0n) is 12.6. The van der Waals surface area contributed by atoms with Crippen LogP contribution in [0.15, 0.2) is 0 Å². The minimum atomic E-state index is -0.776. The molecule has 0 spiro atoms. The standard InChI is InChI=1S/C14H27N3O3/c1-3-6-14(12(18)19)7-10-17(11-14)13(20)16-9-5-8-15-4-2/h15H,3-11H2,1-2H3,(H,16,20)(H,18,19). The van der Waals surface area contributed by atoms with Gasteiger partial charge < -0.3 is 20.6 Å². The summed E-state index contributed by atoms with van der Waals surface area (Å²) in [6.07, 6.45) is 2.89. The van der Waals surface area contributed by atoms with Crippen molar-refractivity contribution < 1.29 is 14.7 Å². The molecule has 1 unspecified atom stereocenters. The number of likely N-dealkylation sites (tertiary alicyclic amines) is 1. The van der Waals surface area contributed by atoms with Crippen molar-refractivity contribution in [2.24, 2.45) is 5.41 Å². The molecule has 0 radical (unpaired) electrons. The van der Waals surface area contributed by atoms with Crippen molar-refractivity contribution in [2.75, 3.05) is 32.7 Å². The molecular weight excluding hydrogens is 258 g/mol. The third-order valence-electron chi connectivity index (χ3n) is 3.88. The van der Waals surface area contributed by atoms with Crippen LogP contribution in [0, 0.1) is 5.41 Å². The summed E-state index contributed by atoms with van der Waals surface area (Å²) < 4.78 is 0. The van der Waals surface area contributed by atoms with Gasteiger partial charge in [0.05, 0.1) is 5.41 Å². The highest BCUT2D eigenvalue weighted by Gasteiger charge is 2.45. The lowest BCUT2D eigenvalue weighted by Crippen LogP contribution is -2.42. The van der Waals surface area contributed by atoms with E-state index in [0.717, 1.165) is 25.9 Å². The molecule has 1 heterocycles. The molecule has 1 rings (SSSR count). The summed E-state index contributed by atoms with van der Waals surface area (Å²) in [5.41, 5.74) is -0.740. The molecule has 1 atom stereocenters. The van der Waals surface area contributed by atoms with Crippen LogP contribution in [0.2, 0.25) is 0 Å². The molecule has 0 saturated carbocycles. The molecule has 6 heteroatoms. The van der Waals surface area contributed by atoms with E-state index in [2.05, 4.69) is 10.6 Å². The Morgan fingerprint density at radius 1 is 1.30 bits per heavy atom. The Morgan fingerprint density at radius 3 is 2.65 bits per heavy atom. The van der Waals surface area contributed by atoms with Gasteiger partial charge in [-0.05, 0) is 32.4 Å². The molecule has 20 heavy (non-hydrogen) atoms. The van der Waals surface area contributed by atoms with E-state index >= 15 is 0 Å². The summed E-state index contributed by atoms with van der Waals surface area (Å²) in [7, 11) is 0. The van der Waals surface area contributed by atoms with Crippen molar-refractivity contribution >= 4 is 12.0 Å². The quantitative estimate of drug-likeness (QED) is 0.587. The number of aliphatic carboxylic acids is 1. The molecule has 0 aromatic rings. The molecule has 1 saturated heterocycles. The number of urea groups is 1. The number of carbonyl (C=O) groups is 2. The molecule has 2 amide bonds. The third kappa shape index (κ3) is 4.37. The fourth-order valence-electron chi connectivity index (χ4n) is 2.71. The largest absolute Gasteiger partial charge is 0.481 e. The predicted molar refractivity (Wildman–Crippen MR) is 77.7 cm³/mol. The lowest BCUT2D eigenvalue weighted by atomic mass is 9.83. The van der Waals surface area contributed by atoms with Crippen molar-refractivity contribution in [1.82, 2.24) is 15.5 Å². The molecule has 1 aliphatic rings. The van der Waals surface area contributed by atoms with Gasteiger partial charge >= 0.3 is 12.0 Å². The van der Waals surface area contributed by atoms with E-state index in [1.54, 1.807) is 4.90 Å². The highest BCUT2D eigenvalue weighted by Crippen LogP contribution is 2.35. The van der Waals surface area contributed by atoms with E-state index < -0.39 is 11.4 Å². The van der Waals surface area contributed by atoms with E-state index in [1.807, 2.05) is 13.8 Å². The summed E-state index contributed by atoms with van der Waals surface area (Å²) in [6.45, 7) is 7.32. The Balaban J connectivity index is 2.38. The summed E-state index contributed by atoms with van der Waals surface area (Å²) in [6, 6.07) is -0.138. The number of hydrogen-bond donors (Lipinski definition) is 3. The molecule has 0 aromatic carbocycles. The predicted octanol–water partition coefficient (Wildman–Crippen LogP) is 1.27. The van der Waals surface area contributed by atoms with Crippen LogP contribution in [-0.2, 0) is 4.79 Å². The first-order chi connectivity index (χ1) is 9.55. The molecular formula is C14H27N3O3. The number of carboxylic acids is 1. The number of amides is 2. The van der Waals surface area contributed by atoms with Crippen LogP contribution in [0.25, 0.3) is 0 Å². The molecule has 1 fully saturated rings. The maximum Gasteiger partial charge on any atom is 0.317 e. The molecule has 0 aliphatic carbocycles. The highest BCUT2D eigenvalue weighted by molar-refractivity contribution is 5.79. The summed E-state index contributed by atoms with van der Waals surface area (Å²) >= 11 is 0. The number of hydrogen-bond acceptors (Lipinski definition) is 3. The number of rotatable bonds is 8. The number of carbonyl (C=O) groups excluding carboxylic acids is 1.